The van der Waals surface area contributed by atoms with Crippen molar-refractivity contribution >= 4 is 11.7 Å². The van der Waals surface area contributed by atoms with Gasteiger partial charge in [-0.2, -0.15) is 0 Å². The van der Waals surface area contributed by atoms with E-state index in [0.29, 0.717) is 44.5 Å². The third-order valence-corrected chi connectivity index (χ3v) is 4.39. The van der Waals surface area contributed by atoms with Crippen LogP contribution in [0.3, 0.4) is 0 Å². The largest absolute Gasteiger partial charge is 0.378 e. The Balaban J connectivity index is 1.47. The van der Waals surface area contributed by atoms with Gasteiger partial charge in [-0.3, -0.25) is 0 Å². The van der Waals surface area contributed by atoms with Gasteiger partial charge in [0.25, 0.3) is 0 Å². The molecule has 126 valence electrons. The second-order valence-electron chi connectivity index (χ2n) is 5.98. The molecule has 0 bridgehead atoms. The zero-order valence-corrected chi connectivity index (χ0v) is 12.9. The van der Waals surface area contributed by atoms with Gasteiger partial charge >= 0.3 is 6.03 Å². The molecule has 0 saturated carbocycles. The predicted octanol–water partition coefficient (Wildman–Crippen LogP) is 1.83. The number of carbonyl (C=O) groups is 1. The lowest BCUT2D eigenvalue weighted by atomic mass is 10.1. The van der Waals surface area contributed by atoms with Gasteiger partial charge in [-0.25, -0.2) is 13.6 Å². The lowest BCUT2D eigenvalue weighted by Gasteiger charge is -2.27. The maximum Gasteiger partial charge on any atom is 0.317 e. The predicted molar refractivity (Wildman–Crippen MR) is 82.5 cm³/mol. The first-order valence-corrected chi connectivity index (χ1v) is 7.94. The van der Waals surface area contributed by atoms with Crippen molar-refractivity contribution in [1.29, 1.82) is 0 Å². The first-order valence-electron chi connectivity index (χ1n) is 7.94. The summed E-state index contributed by atoms with van der Waals surface area (Å²) in [7, 11) is 0. The second kappa shape index (κ2) is 7.12. The minimum absolute atomic E-state index is 0.0559. The van der Waals surface area contributed by atoms with Crippen molar-refractivity contribution in [3.63, 3.8) is 0 Å². The van der Waals surface area contributed by atoms with E-state index < -0.39 is 11.6 Å². The van der Waals surface area contributed by atoms with E-state index >= 15 is 0 Å². The maximum absolute atomic E-state index is 13.3. The topological polar surface area (TPSA) is 44.8 Å². The van der Waals surface area contributed by atoms with Crippen molar-refractivity contribution in [2.45, 2.75) is 6.42 Å². The summed E-state index contributed by atoms with van der Waals surface area (Å²) >= 11 is 0. The van der Waals surface area contributed by atoms with Crippen LogP contribution in [0.4, 0.5) is 19.3 Å². The maximum atomic E-state index is 13.3. The Labute approximate surface area is 134 Å². The fourth-order valence-corrected chi connectivity index (χ4v) is 3.03. The van der Waals surface area contributed by atoms with Crippen LogP contribution in [-0.4, -0.2) is 56.9 Å². The number of anilines is 1. The van der Waals surface area contributed by atoms with Gasteiger partial charge in [0.1, 0.15) is 0 Å². The highest BCUT2D eigenvalue weighted by atomic mass is 19.2. The van der Waals surface area contributed by atoms with E-state index in [2.05, 4.69) is 5.32 Å². The number of hydrogen-bond acceptors (Lipinski definition) is 3. The number of rotatable bonds is 3. The molecular formula is C16H21F2N3O2. The van der Waals surface area contributed by atoms with Gasteiger partial charge in [0.15, 0.2) is 11.6 Å². The van der Waals surface area contributed by atoms with E-state index in [1.807, 2.05) is 4.90 Å². The van der Waals surface area contributed by atoms with E-state index in [0.717, 1.165) is 25.6 Å². The molecule has 0 aromatic heterocycles. The standard InChI is InChI=1S/C16H21F2N3O2/c17-14-2-1-13(9-15(14)18)21-4-3-12(11-21)10-19-16(22)20-5-7-23-8-6-20/h1-2,9,12H,3-8,10-11H2,(H,19,22). The molecule has 3 rings (SSSR count). The number of nitrogens with zero attached hydrogens (tertiary/aromatic N) is 2. The SMILES string of the molecule is O=C(NCC1CCN(c2ccc(F)c(F)c2)C1)N1CCOCC1. The summed E-state index contributed by atoms with van der Waals surface area (Å²) < 4.78 is 31.5. The van der Waals surface area contributed by atoms with Crippen molar-refractivity contribution in [1.82, 2.24) is 10.2 Å². The number of morpholine rings is 1. The molecule has 2 heterocycles. The summed E-state index contributed by atoms with van der Waals surface area (Å²) in [5.41, 5.74) is 0.686. The zero-order valence-electron chi connectivity index (χ0n) is 12.9. The van der Waals surface area contributed by atoms with Gasteiger partial charge in [0.2, 0.25) is 0 Å². The fraction of sp³-hybridized carbons (Fsp3) is 0.562. The number of urea groups is 1. The first kappa shape index (κ1) is 16.0. The molecule has 7 heteroatoms. The smallest absolute Gasteiger partial charge is 0.317 e. The third kappa shape index (κ3) is 3.90. The number of hydrogen-bond donors (Lipinski definition) is 1. The van der Waals surface area contributed by atoms with Crippen LogP contribution in [0.5, 0.6) is 0 Å². The van der Waals surface area contributed by atoms with Gasteiger partial charge in [-0.1, -0.05) is 0 Å². The molecule has 0 aliphatic carbocycles. The van der Waals surface area contributed by atoms with Crippen LogP contribution in [0.2, 0.25) is 0 Å². The highest BCUT2D eigenvalue weighted by Gasteiger charge is 2.25. The lowest BCUT2D eigenvalue weighted by Crippen LogP contribution is -2.47. The van der Waals surface area contributed by atoms with E-state index in [4.69, 9.17) is 4.74 Å². The summed E-state index contributed by atoms with van der Waals surface area (Å²) in [6, 6.07) is 3.91. The first-order chi connectivity index (χ1) is 11.1. The Morgan fingerprint density at radius 1 is 1.22 bits per heavy atom. The number of amides is 2. The van der Waals surface area contributed by atoms with Crippen molar-refractivity contribution in [3.05, 3.63) is 29.8 Å². The molecule has 0 radical (unpaired) electrons. The van der Waals surface area contributed by atoms with E-state index in [9.17, 15) is 13.6 Å². The highest BCUT2D eigenvalue weighted by Crippen LogP contribution is 2.25. The van der Waals surface area contributed by atoms with Crippen LogP contribution in [0.25, 0.3) is 0 Å². The van der Waals surface area contributed by atoms with Crippen LogP contribution >= 0.6 is 0 Å². The second-order valence-corrected chi connectivity index (χ2v) is 5.98. The van der Waals surface area contributed by atoms with Crippen LogP contribution in [0.1, 0.15) is 6.42 Å². The summed E-state index contributed by atoms with van der Waals surface area (Å²) in [5.74, 6) is -1.35. The van der Waals surface area contributed by atoms with Crippen molar-refractivity contribution in [2.24, 2.45) is 5.92 Å². The Bertz CT molecular complexity index is 564. The number of halogens is 2. The molecule has 1 unspecified atom stereocenters. The molecule has 2 aliphatic heterocycles. The van der Waals surface area contributed by atoms with E-state index in [1.54, 1.807) is 11.0 Å². The summed E-state index contributed by atoms with van der Waals surface area (Å²) in [5, 5.41) is 2.96. The summed E-state index contributed by atoms with van der Waals surface area (Å²) in [4.78, 5) is 15.8. The van der Waals surface area contributed by atoms with Crippen molar-refractivity contribution < 1.29 is 18.3 Å². The Morgan fingerprint density at radius 2 is 2.00 bits per heavy atom. The van der Waals surface area contributed by atoms with Gasteiger partial charge in [0, 0.05) is 44.5 Å². The van der Waals surface area contributed by atoms with Gasteiger partial charge in [-0.15, -0.1) is 0 Å². The normalized spacial score (nSPS) is 21.6. The minimum Gasteiger partial charge on any atom is -0.378 e. The average molecular weight is 325 g/mol. The molecule has 1 N–H and O–H groups in total. The monoisotopic (exact) mass is 325 g/mol. The molecule has 2 fully saturated rings. The minimum atomic E-state index is -0.831. The van der Waals surface area contributed by atoms with Crippen molar-refractivity contribution in [2.75, 3.05) is 50.8 Å². The summed E-state index contributed by atoms with van der Waals surface area (Å²) in [6.45, 7) is 4.52. The number of carbonyl (C=O) groups excluding carboxylic acids is 1. The molecular weight excluding hydrogens is 304 g/mol. The highest BCUT2D eigenvalue weighted by molar-refractivity contribution is 5.74. The van der Waals surface area contributed by atoms with Gasteiger partial charge in [0.05, 0.1) is 13.2 Å². The molecule has 23 heavy (non-hydrogen) atoms. The molecule has 2 amide bonds. The number of ether oxygens (including phenoxy) is 1. The fourth-order valence-electron chi connectivity index (χ4n) is 3.03. The molecule has 2 aliphatic rings. The zero-order chi connectivity index (χ0) is 16.2. The van der Waals surface area contributed by atoms with Gasteiger partial charge < -0.3 is 19.9 Å². The lowest BCUT2D eigenvalue weighted by molar-refractivity contribution is 0.0530. The van der Waals surface area contributed by atoms with E-state index in [-0.39, 0.29) is 6.03 Å². The third-order valence-electron chi connectivity index (χ3n) is 4.39. The quantitative estimate of drug-likeness (QED) is 0.922. The van der Waals surface area contributed by atoms with Crippen LogP contribution in [0, 0.1) is 17.6 Å². The van der Waals surface area contributed by atoms with Crippen LogP contribution in [-0.2, 0) is 4.74 Å². The Hall–Kier alpha value is -1.89. The van der Waals surface area contributed by atoms with Crippen molar-refractivity contribution in [3.8, 4) is 0 Å². The number of nitrogens with one attached hydrogen (secondary N) is 1. The molecule has 1 aromatic carbocycles. The van der Waals surface area contributed by atoms with Gasteiger partial charge in [-0.05, 0) is 24.5 Å². The number of benzene rings is 1. The average Bonchev–Trinajstić information content (AvgIpc) is 3.05. The van der Waals surface area contributed by atoms with Crippen LogP contribution in [0.15, 0.2) is 18.2 Å². The molecule has 0 spiro atoms. The molecule has 2 saturated heterocycles. The molecule has 1 atom stereocenters. The van der Waals surface area contributed by atoms with Crippen LogP contribution < -0.4 is 10.2 Å². The molecule has 1 aromatic rings. The molecule has 5 nitrogen and oxygen atoms in total. The summed E-state index contributed by atoms with van der Waals surface area (Å²) in [6.07, 6.45) is 0.919. The van der Waals surface area contributed by atoms with E-state index in [1.165, 1.54) is 6.07 Å². The Kier molecular flexibility index (Phi) is 4.95. The Morgan fingerprint density at radius 3 is 2.74 bits per heavy atom.